The van der Waals surface area contributed by atoms with Gasteiger partial charge in [0.2, 0.25) is 0 Å². The van der Waals surface area contributed by atoms with Crippen LogP contribution in [-0.2, 0) is 5.41 Å². The van der Waals surface area contributed by atoms with E-state index >= 15 is 0 Å². The van der Waals surface area contributed by atoms with Gasteiger partial charge in [-0.3, -0.25) is 0 Å². The fourth-order valence-corrected chi connectivity index (χ4v) is 4.25. The quantitative estimate of drug-likeness (QED) is 0.672. The van der Waals surface area contributed by atoms with Crippen LogP contribution in [0.1, 0.15) is 58.4 Å². The van der Waals surface area contributed by atoms with E-state index in [0.29, 0.717) is 11.5 Å². The van der Waals surface area contributed by atoms with Gasteiger partial charge in [0, 0.05) is 17.2 Å². The largest absolute Gasteiger partial charge is 0.490 e. The summed E-state index contributed by atoms with van der Waals surface area (Å²) in [5, 5.41) is 0.320. The summed E-state index contributed by atoms with van der Waals surface area (Å²) in [6.45, 7) is 6.72. The summed E-state index contributed by atoms with van der Waals surface area (Å²) < 4.78 is 6.31. The Morgan fingerprint density at radius 1 is 1.20 bits per heavy atom. The first-order valence-corrected chi connectivity index (χ1v) is 8.27. The van der Waals surface area contributed by atoms with Crippen LogP contribution >= 0.6 is 11.6 Å². The molecule has 2 heteroatoms. The van der Waals surface area contributed by atoms with Gasteiger partial charge in [0.15, 0.2) is 0 Å². The van der Waals surface area contributed by atoms with Crippen molar-refractivity contribution in [3.63, 3.8) is 0 Å². The first-order chi connectivity index (χ1) is 9.42. The summed E-state index contributed by atoms with van der Waals surface area (Å²) in [4.78, 5) is 0. The van der Waals surface area contributed by atoms with Gasteiger partial charge in [0.05, 0.1) is 0 Å². The third-order valence-electron chi connectivity index (χ3n) is 5.20. The Bertz CT molecular complexity index is 482. The predicted octanol–water partition coefficient (Wildman–Crippen LogP) is 5.30. The van der Waals surface area contributed by atoms with E-state index in [9.17, 15) is 0 Å². The van der Waals surface area contributed by atoms with Gasteiger partial charge in [-0.2, -0.15) is 0 Å². The van der Waals surface area contributed by atoms with Crippen LogP contribution in [0.15, 0.2) is 24.3 Å². The molecule has 0 saturated heterocycles. The number of alkyl halides is 1. The Hall–Kier alpha value is -0.690. The van der Waals surface area contributed by atoms with Gasteiger partial charge < -0.3 is 4.74 Å². The number of hydrogen-bond donors (Lipinski definition) is 0. The van der Waals surface area contributed by atoms with Crippen LogP contribution in [0.25, 0.3) is 0 Å². The minimum Gasteiger partial charge on any atom is -0.490 e. The molecule has 3 rings (SSSR count). The summed E-state index contributed by atoms with van der Waals surface area (Å²) in [6.07, 6.45) is 6.43. The van der Waals surface area contributed by atoms with Crippen molar-refractivity contribution in [1.29, 1.82) is 0 Å². The Balaban J connectivity index is 1.76. The maximum absolute atomic E-state index is 6.50. The van der Waals surface area contributed by atoms with Crippen LogP contribution in [0.2, 0.25) is 0 Å². The lowest BCUT2D eigenvalue weighted by Gasteiger charge is -2.51. The van der Waals surface area contributed by atoms with Crippen molar-refractivity contribution in [1.82, 2.24) is 0 Å². The van der Waals surface area contributed by atoms with Crippen molar-refractivity contribution < 1.29 is 4.74 Å². The monoisotopic (exact) mass is 292 g/mol. The smallest absolute Gasteiger partial charge is 0.120 e. The van der Waals surface area contributed by atoms with E-state index in [4.69, 9.17) is 16.3 Å². The summed E-state index contributed by atoms with van der Waals surface area (Å²) in [7, 11) is 0. The highest BCUT2D eigenvalue weighted by Gasteiger charge is 2.56. The van der Waals surface area contributed by atoms with Crippen molar-refractivity contribution in [2.75, 3.05) is 0 Å². The molecule has 2 atom stereocenters. The molecule has 1 aromatic rings. The van der Waals surface area contributed by atoms with Gasteiger partial charge in [-0.05, 0) is 36.0 Å². The van der Waals surface area contributed by atoms with Crippen LogP contribution in [-0.4, -0.2) is 11.5 Å². The molecule has 2 saturated carbocycles. The van der Waals surface area contributed by atoms with Gasteiger partial charge in [-0.1, -0.05) is 45.7 Å². The number of rotatable bonds is 2. The maximum atomic E-state index is 6.50. The molecule has 110 valence electrons. The zero-order valence-electron chi connectivity index (χ0n) is 12.8. The highest BCUT2D eigenvalue weighted by Crippen LogP contribution is 2.57. The van der Waals surface area contributed by atoms with Crippen molar-refractivity contribution in [3.05, 3.63) is 29.8 Å². The average molecular weight is 293 g/mol. The molecule has 0 amide bonds. The van der Waals surface area contributed by atoms with E-state index in [0.717, 1.165) is 12.2 Å². The summed E-state index contributed by atoms with van der Waals surface area (Å²) >= 11 is 6.50. The lowest BCUT2D eigenvalue weighted by Crippen LogP contribution is -2.55. The van der Waals surface area contributed by atoms with E-state index in [1.165, 1.54) is 31.2 Å². The fraction of sp³-hybridized carbons (Fsp3) is 0.667. The van der Waals surface area contributed by atoms with Crippen LogP contribution in [0.4, 0.5) is 0 Å². The lowest BCUT2D eigenvalue weighted by molar-refractivity contribution is -0.0356. The second-order valence-electron chi connectivity index (χ2n) is 7.53. The highest BCUT2D eigenvalue weighted by atomic mass is 35.5. The van der Waals surface area contributed by atoms with Crippen molar-refractivity contribution in [2.45, 2.75) is 69.8 Å². The van der Waals surface area contributed by atoms with E-state index < -0.39 is 0 Å². The summed E-state index contributed by atoms with van der Waals surface area (Å²) in [5.74, 6) is 1.01. The fourth-order valence-electron chi connectivity index (χ4n) is 3.73. The SMILES string of the molecule is CC(C)(C)c1cccc(OC2CC(Cl)C23CCCC3)c1. The molecule has 20 heavy (non-hydrogen) atoms. The van der Waals surface area contributed by atoms with Crippen molar-refractivity contribution in [3.8, 4) is 5.75 Å². The molecule has 0 N–H and O–H groups in total. The first-order valence-electron chi connectivity index (χ1n) is 7.83. The molecule has 0 aliphatic heterocycles. The minimum atomic E-state index is 0.166. The van der Waals surface area contributed by atoms with Crippen LogP contribution in [0.5, 0.6) is 5.75 Å². The molecule has 0 heterocycles. The highest BCUT2D eigenvalue weighted by molar-refractivity contribution is 6.21. The molecule has 0 aromatic heterocycles. The topological polar surface area (TPSA) is 9.23 Å². The Kier molecular flexibility index (Phi) is 3.52. The molecular formula is C18H25ClO. The molecule has 2 fully saturated rings. The van der Waals surface area contributed by atoms with Gasteiger partial charge in [-0.15, -0.1) is 11.6 Å². The molecule has 1 aromatic carbocycles. The van der Waals surface area contributed by atoms with Gasteiger partial charge >= 0.3 is 0 Å². The molecule has 2 aliphatic carbocycles. The Morgan fingerprint density at radius 3 is 2.50 bits per heavy atom. The summed E-state index contributed by atoms with van der Waals surface area (Å²) in [5.41, 5.74) is 1.76. The molecular weight excluding hydrogens is 268 g/mol. The van der Waals surface area contributed by atoms with Crippen molar-refractivity contribution in [2.24, 2.45) is 5.41 Å². The maximum Gasteiger partial charge on any atom is 0.120 e. The molecule has 2 unspecified atom stereocenters. The summed E-state index contributed by atoms with van der Waals surface area (Å²) in [6, 6.07) is 8.57. The Labute approximate surface area is 127 Å². The molecule has 0 bridgehead atoms. The van der Waals surface area contributed by atoms with Gasteiger partial charge in [0.1, 0.15) is 11.9 Å². The van der Waals surface area contributed by atoms with Gasteiger partial charge in [-0.25, -0.2) is 0 Å². The first kappa shape index (κ1) is 14.3. The van der Waals surface area contributed by atoms with E-state index in [-0.39, 0.29) is 10.8 Å². The third-order valence-corrected chi connectivity index (χ3v) is 5.81. The zero-order valence-corrected chi connectivity index (χ0v) is 13.5. The van der Waals surface area contributed by atoms with Gasteiger partial charge in [0.25, 0.3) is 0 Å². The van der Waals surface area contributed by atoms with Crippen molar-refractivity contribution >= 4 is 11.6 Å². The molecule has 2 aliphatic rings. The number of halogens is 1. The standard InChI is InChI=1S/C18H25ClO/c1-17(2,3)13-7-6-8-14(11-13)20-16-12-15(19)18(16)9-4-5-10-18/h6-8,11,15-16H,4-5,9-10,12H2,1-3H3. The van der Waals surface area contributed by atoms with Crippen LogP contribution in [0.3, 0.4) is 0 Å². The number of ether oxygens (including phenoxy) is 1. The predicted molar refractivity (Wildman–Crippen MR) is 84.7 cm³/mol. The van der Waals surface area contributed by atoms with Crippen LogP contribution < -0.4 is 4.74 Å². The van der Waals surface area contributed by atoms with E-state index in [2.05, 4.69) is 45.0 Å². The molecule has 0 radical (unpaired) electrons. The molecule has 1 spiro atoms. The third kappa shape index (κ3) is 2.35. The number of hydrogen-bond acceptors (Lipinski definition) is 1. The van der Waals surface area contributed by atoms with E-state index in [1.807, 2.05) is 0 Å². The molecule has 1 nitrogen and oxygen atoms in total. The lowest BCUT2D eigenvalue weighted by atomic mass is 9.64. The normalized spacial score (nSPS) is 28.4. The average Bonchev–Trinajstić information content (AvgIpc) is 2.90. The Morgan fingerprint density at radius 2 is 1.90 bits per heavy atom. The zero-order chi connectivity index (χ0) is 14.4. The number of benzene rings is 1. The second kappa shape index (κ2) is 4.94. The minimum absolute atomic E-state index is 0.166. The van der Waals surface area contributed by atoms with E-state index in [1.54, 1.807) is 0 Å². The second-order valence-corrected chi connectivity index (χ2v) is 8.05. The van der Waals surface area contributed by atoms with Crippen LogP contribution in [0, 0.1) is 5.41 Å².